The van der Waals surface area contributed by atoms with Crippen LogP contribution in [-0.2, 0) is 26.2 Å². The summed E-state index contributed by atoms with van der Waals surface area (Å²) in [7, 11) is -3.83. The van der Waals surface area contributed by atoms with Crippen molar-refractivity contribution in [2.75, 3.05) is 30.3 Å². The molecule has 9 nitrogen and oxygen atoms in total. The summed E-state index contributed by atoms with van der Waals surface area (Å²) in [5.74, 6) is 0.0807. The van der Waals surface area contributed by atoms with E-state index in [1.165, 1.54) is 11.0 Å². The van der Waals surface area contributed by atoms with Crippen LogP contribution < -0.4 is 19.1 Å². The van der Waals surface area contributed by atoms with Crippen LogP contribution in [0.3, 0.4) is 0 Å². The van der Waals surface area contributed by atoms with Gasteiger partial charge in [-0.3, -0.25) is 13.9 Å². The highest BCUT2D eigenvalue weighted by molar-refractivity contribution is 9.10. The van der Waals surface area contributed by atoms with Crippen molar-refractivity contribution in [2.45, 2.75) is 39.4 Å². The molecular formula is C24H30BrN3O6S. The molecule has 0 spiro atoms. The Hall–Kier alpha value is -2.79. The molecule has 1 atom stereocenters. The maximum absolute atomic E-state index is 13.5. The molecular weight excluding hydrogens is 538 g/mol. The largest absolute Gasteiger partial charge is 0.486 e. The quantitative estimate of drug-likeness (QED) is 0.499. The van der Waals surface area contributed by atoms with Gasteiger partial charge in [-0.25, -0.2) is 8.42 Å². The van der Waals surface area contributed by atoms with E-state index in [1.807, 2.05) is 38.1 Å². The molecule has 0 bridgehead atoms. The Morgan fingerprint density at radius 3 is 2.26 bits per heavy atom. The van der Waals surface area contributed by atoms with Crippen molar-refractivity contribution in [1.29, 1.82) is 0 Å². The van der Waals surface area contributed by atoms with Crippen LogP contribution in [0.1, 0.15) is 26.3 Å². The zero-order valence-corrected chi connectivity index (χ0v) is 22.6. The normalized spacial score (nSPS) is 13.8. The second-order valence-electron chi connectivity index (χ2n) is 8.58. The van der Waals surface area contributed by atoms with E-state index in [0.717, 1.165) is 20.6 Å². The van der Waals surface area contributed by atoms with Crippen LogP contribution in [-0.4, -0.2) is 63.2 Å². The molecule has 35 heavy (non-hydrogen) atoms. The molecule has 0 radical (unpaired) electrons. The first kappa shape index (κ1) is 26.8. The van der Waals surface area contributed by atoms with Crippen molar-refractivity contribution >= 4 is 43.5 Å². The lowest BCUT2D eigenvalue weighted by Gasteiger charge is -2.32. The van der Waals surface area contributed by atoms with Crippen molar-refractivity contribution in [2.24, 2.45) is 0 Å². The first-order valence-corrected chi connectivity index (χ1v) is 13.8. The molecule has 11 heteroatoms. The molecule has 0 fully saturated rings. The van der Waals surface area contributed by atoms with Gasteiger partial charge in [0.25, 0.3) is 0 Å². The fraction of sp³-hybridized carbons (Fsp3) is 0.417. The van der Waals surface area contributed by atoms with Gasteiger partial charge in [-0.05, 0) is 50.6 Å². The third kappa shape index (κ3) is 7.11. The number of rotatable bonds is 9. The molecule has 1 aliphatic heterocycles. The highest BCUT2D eigenvalue weighted by Gasteiger charge is 2.30. The molecule has 2 aromatic rings. The van der Waals surface area contributed by atoms with Gasteiger partial charge in [0, 0.05) is 23.1 Å². The van der Waals surface area contributed by atoms with Gasteiger partial charge in [-0.1, -0.05) is 28.1 Å². The Labute approximate surface area is 214 Å². The van der Waals surface area contributed by atoms with Crippen molar-refractivity contribution < 1.29 is 27.5 Å². The highest BCUT2D eigenvalue weighted by atomic mass is 79.9. The summed E-state index contributed by atoms with van der Waals surface area (Å²) in [6.07, 6.45) is 1.03. The molecule has 2 aromatic carbocycles. The number of nitrogens with one attached hydrogen (secondary N) is 1. The molecule has 190 valence electrons. The van der Waals surface area contributed by atoms with Gasteiger partial charge < -0.3 is 19.7 Å². The van der Waals surface area contributed by atoms with Gasteiger partial charge in [0.2, 0.25) is 21.8 Å². The van der Waals surface area contributed by atoms with Crippen LogP contribution >= 0.6 is 15.9 Å². The van der Waals surface area contributed by atoms with Gasteiger partial charge in [-0.2, -0.15) is 0 Å². The summed E-state index contributed by atoms with van der Waals surface area (Å²) in [6, 6.07) is 11.1. The number of carbonyl (C=O) groups is 2. The monoisotopic (exact) mass is 567 g/mol. The number of halogens is 1. The highest BCUT2D eigenvalue weighted by Crippen LogP contribution is 2.34. The molecule has 0 aliphatic carbocycles. The topological polar surface area (TPSA) is 105 Å². The summed E-state index contributed by atoms with van der Waals surface area (Å²) in [4.78, 5) is 27.7. The molecule has 1 aliphatic rings. The molecule has 0 aromatic heterocycles. The number of sulfonamides is 1. The molecule has 3 rings (SSSR count). The predicted octanol–water partition coefficient (Wildman–Crippen LogP) is 2.93. The van der Waals surface area contributed by atoms with Crippen molar-refractivity contribution in [3.05, 3.63) is 52.5 Å². The average Bonchev–Trinajstić information content (AvgIpc) is 2.80. The lowest BCUT2D eigenvalue weighted by molar-refractivity contribution is -0.139. The lowest BCUT2D eigenvalue weighted by Crippen LogP contribution is -2.52. The smallest absolute Gasteiger partial charge is 0.244 e. The number of benzene rings is 2. The van der Waals surface area contributed by atoms with E-state index in [2.05, 4.69) is 21.2 Å². The van der Waals surface area contributed by atoms with E-state index < -0.39 is 28.5 Å². The van der Waals surface area contributed by atoms with Crippen LogP contribution in [0.5, 0.6) is 11.5 Å². The van der Waals surface area contributed by atoms with E-state index in [-0.39, 0.29) is 24.2 Å². The lowest BCUT2D eigenvalue weighted by atomic mass is 10.1. The van der Waals surface area contributed by atoms with Crippen molar-refractivity contribution in [3.8, 4) is 11.5 Å². The minimum absolute atomic E-state index is 0.111. The van der Waals surface area contributed by atoms with E-state index >= 15 is 0 Å². The average molecular weight is 568 g/mol. The SMILES string of the molecule is CC(C)NC(=O)C(C)N(Cc1ccc(Br)cc1)C(=O)CN(c1ccc2c(c1)OCCO2)S(C)(=O)=O. The van der Waals surface area contributed by atoms with Crippen LogP contribution in [0, 0.1) is 0 Å². The standard InChI is InChI=1S/C24H30BrN3O6S/c1-16(2)26-24(30)17(3)27(14-18-5-7-19(25)8-6-18)23(29)15-28(35(4,31)32)20-9-10-21-22(13-20)34-12-11-33-21/h5-10,13,16-17H,11-12,14-15H2,1-4H3,(H,26,30). The van der Waals surface area contributed by atoms with E-state index in [1.54, 1.807) is 19.1 Å². The Morgan fingerprint density at radius 2 is 1.66 bits per heavy atom. The summed E-state index contributed by atoms with van der Waals surface area (Å²) in [6.45, 7) is 5.70. The molecule has 0 saturated heterocycles. The predicted molar refractivity (Wildman–Crippen MR) is 137 cm³/mol. The zero-order valence-electron chi connectivity index (χ0n) is 20.2. The fourth-order valence-electron chi connectivity index (χ4n) is 3.58. The Balaban J connectivity index is 1.91. The molecule has 1 heterocycles. The second kappa shape index (κ2) is 11.3. The van der Waals surface area contributed by atoms with E-state index in [4.69, 9.17) is 9.47 Å². The van der Waals surface area contributed by atoms with Crippen LogP contribution in [0.25, 0.3) is 0 Å². The van der Waals surface area contributed by atoms with Crippen LogP contribution in [0.15, 0.2) is 46.9 Å². The van der Waals surface area contributed by atoms with Gasteiger partial charge in [0.1, 0.15) is 25.8 Å². The number of amides is 2. The number of carbonyl (C=O) groups excluding carboxylic acids is 2. The summed E-state index contributed by atoms with van der Waals surface area (Å²) in [5, 5.41) is 2.82. The minimum atomic E-state index is -3.83. The molecule has 0 saturated carbocycles. The maximum atomic E-state index is 13.5. The number of ether oxygens (including phenoxy) is 2. The molecule has 1 unspecified atom stereocenters. The third-order valence-electron chi connectivity index (χ3n) is 5.36. The number of fused-ring (bicyclic) bond motifs is 1. The summed E-state index contributed by atoms with van der Waals surface area (Å²) >= 11 is 3.39. The first-order chi connectivity index (χ1) is 16.5. The van der Waals surface area contributed by atoms with Crippen LogP contribution in [0.2, 0.25) is 0 Å². The Kier molecular flexibility index (Phi) is 8.65. The number of anilines is 1. The van der Waals surface area contributed by atoms with E-state index in [9.17, 15) is 18.0 Å². The summed E-state index contributed by atoms with van der Waals surface area (Å²) in [5.41, 5.74) is 1.07. The van der Waals surface area contributed by atoms with Gasteiger partial charge in [-0.15, -0.1) is 0 Å². The van der Waals surface area contributed by atoms with Crippen molar-refractivity contribution in [3.63, 3.8) is 0 Å². The summed E-state index contributed by atoms with van der Waals surface area (Å²) < 4.78 is 38.4. The second-order valence-corrected chi connectivity index (χ2v) is 11.4. The van der Waals surface area contributed by atoms with E-state index in [0.29, 0.717) is 24.7 Å². The van der Waals surface area contributed by atoms with Gasteiger partial charge in [0.05, 0.1) is 11.9 Å². The Bertz CT molecular complexity index is 1170. The fourth-order valence-corrected chi connectivity index (χ4v) is 4.68. The Morgan fingerprint density at radius 1 is 1.03 bits per heavy atom. The minimum Gasteiger partial charge on any atom is -0.486 e. The van der Waals surface area contributed by atoms with Crippen LogP contribution in [0.4, 0.5) is 5.69 Å². The van der Waals surface area contributed by atoms with Gasteiger partial charge >= 0.3 is 0 Å². The number of hydrogen-bond acceptors (Lipinski definition) is 6. The first-order valence-electron chi connectivity index (χ1n) is 11.2. The number of hydrogen-bond donors (Lipinski definition) is 1. The molecule has 1 N–H and O–H groups in total. The van der Waals surface area contributed by atoms with Crippen molar-refractivity contribution in [1.82, 2.24) is 10.2 Å². The third-order valence-corrected chi connectivity index (χ3v) is 7.03. The number of nitrogens with zero attached hydrogens (tertiary/aromatic N) is 2. The molecule has 2 amide bonds. The maximum Gasteiger partial charge on any atom is 0.244 e. The van der Waals surface area contributed by atoms with Gasteiger partial charge in [0.15, 0.2) is 11.5 Å². The zero-order chi connectivity index (χ0) is 25.8.